The van der Waals surface area contributed by atoms with Gasteiger partial charge in [-0.3, -0.25) is 10.8 Å². The van der Waals surface area contributed by atoms with Gasteiger partial charge >= 0.3 is 0 Å². The predicted octanol–water partition coefficient (Wildman–Crippen LogP) is 4.43. The third kappa shape index (κ3) is 3.06. The molecule has 1 aromatic heterocycles. The van der Waals surface area contributed by atoms with Crippen molar-refractivity contribution in [1.29, 1.82) is 0 Å². The van der Waals surface area contributed by atoms with E-state index in [4.69, 9.17) is 5.84 Å². The van der Waals surface area contributed by atoms with E-state index in [1.807, 2.05) is 6.07 Å². The Morgan fingerprint density at radius 1 is 1.24 bits per heavy atom. The highest BCUT2D eigenvalue weighted by Crippen LogP contribution is 2.41. The van der Waals surface area contributed by atoms with Crippen LogP contribution >= 0.6 is 31.9 Å². The maximum absolute atomic E-state index is 5.85. The van der Waals surface area contributed by atoms with Crippen molar-refractivity contribution < 1.29 is 0 Å². The number of pyridine rings is 1. The number of hydrazine groups is 1. The molecule has 1 unspecified atom stereocenters. The van der Waals surface area contributed by atoms with Crippen LogP contribution in [0, 0.1) is 0 Å². The third-order valence-electron chi connectivity index (χ3n) is 4.13. The lowest BCUT2D eigenvalue weighted by molar-refractivity contribution is 0.414. The maximum atomic E-state index is 5.85. The third-order valence-corrected chi connectivity index (χ3v) is 5.20. The van der Waals surface area contributed by atoms with Gasteiger partial charge in [-0.05, 0) is 67.8 Å². The minimum absolute atomic E-state index is 0.107. The van der Waals surface area contributed by atoms with Crippen LogP contribution in [0.5, 0.6) is 0 Å². The first-order valence-corrected chi connectivity index (χ1v) is 8.65. The van der Waals surface area contributed by atoms with Gasteiger partial charge in [-0.2, -0.15) is 0 Å². The zero-order valence-corrected chi connectivity index (χ0v) is 14.7. The van der Waals surface area contributed by atoms with Crippen molar-refractivity contribution in [3.63, 3.8) is 0 Å². The van der Waals surface area contributed by atoms with Crippen LogP contribution in [0.2, 0.25) is 0 Å². The quantitative estimate of drug-likeness (QED) is 0.579. The number of hydrogen-bond acceptors (Lipinski definition) is 3. The van der Waals surface area contributed by atoms with Gasteiger partial charge < -0.3 is 0 Å². The summed E-state index contributed by atoms with van der Waals surface area (Å²) < 4.78 is 1.89. The van der Waals surface area contributed by atoms with Gasteiger partial charge in [0.25, 0.3) is 0 Å². The minimum Gasteiger partial charge on any atom is -0.271 e. The van der Waals surface area contributed by atoms with Gasteiger partial charge in [0.2, 0.25) is 0 Å². The fourth-order valence-corrected chi connectivity index (χ4v) is 4.03. The number of halogens is 2. The van der Waals surface area contributed by atoms with Crippen molar-refractivity contribution in [3.05, 3.63) is 62.3 Å². The van der Waals surface area contributed by atoms with Gasteiger partial charge in [0.1, 0.15) is 0 Å². The van der Waals surface area contributed by atoms with Crippen molar-refractivity contribution in [1.82, 2.24) is 10.4 Å². The van der Waals surface area contributed by atoms with Crippen LogP contribution in [-0.4, -0.2) is 4.98 Å². The summed E-state index contributed by atoms with van der Waals surface area (Å²) in [5.74, 6) is 6.51. The van der Waals surface area contributed by atoms with Crippen molar-refractivity contribution in [2.75, 3.05) is 0 Å². The summed E-state index contributed by atoms with van der Waals surface area (Å²) in [4.78, 5) is 4.53. The Balaban J connectivity index is 2.03. The highest BCUT2D eigenvalue weighted by Gasteiger charge is 2.26. The molecule has 0 aliphatic heterocycles. The Morgan fingerprint density at radius 2 is 2.00 bits per heavy atom. The van der Waals surface area contributed by atoms with Gasteiger partial charge in [-0.25, -0.2) is 5.43 Å². The molecule has 0 bridgehead atoms. The lowest BCUT2D eigenvalue weighted by Crippen LogP contribution is -2.31. The van der Waals surface area contributed by atoms with Crippen molar-refractivity contribution in [2.45, 2.75) is 31.2 Å². The molecule has 1 aromatic carbocycles. The molecule has 21 heavy (non-hydrogen) atoms. The van der Waals surface area contributed by atoms with Crippen LogP contribution < -0.4 is 11.3 Å². The largest absolute Gasteiger partial charge is 0.271 e. The summed E-state index contributed by atoms with van der Waals surface area (Å²) in [5.41, 5.74) is 6.45. The summed E-state index contributed by atoms with van der Waals surface area (Å²) in [6, 6.07) is 10.4. The van der Waals surface area contributed by atoms with Crippen molar-refractivity contribution in [3.8, 4) is 0 Å². The number of hydrogen-bond donors (Lipinski definition) is 2. The summed E-state index contributed by atoms with van der Waals surface area (Å²) in [6.45, 7) is 0. The van der Waals surface area contributed by atoms with Crippen LogP contribution in [0.3, 0.4) is 0 Å². The molecule has 1 heterocycles. The molecule has 5 heteroatoms. The van der Waals surface area contributed by atoms with E-state index in [9.17, 15) is 0 Å². The van der Waals surface area contributed by atoms with Gasteiger partial charge in [0, 0.05) is 15.1 Å². The first kappa shape index (κ1) is 15.2. The molecule has 0 spiro atoms. The van der Waals surface area contributed by atoms with Crippen LogP contribution in [-0.2, 0) is 0 Å². The van der Waals surface area contributed by atoms with E-state index in [2.05, 4.69) is 66.5 Å². The molecule has 0 amide bonds. The number of rotatable bonds is 4. The van der Waals surface area contributed by atoms with E-state index < -0.39 is 0 Å². The normalized spacial score (nSPS) is 16.5. The monoisotopic (exact) mass is 409 g/mol. The summed E-state index contributed by atoms with van der Waals surface area (Å²) in [7, 11) is 0. The van der Waals surface area contributed by atoms with Crippen LogP contribution in [0.1, 0.15) is 48.0 Å². The van der Waals surface area contributed by atoms with E-state index in [1.54, 1.807) is 6.20 Å². The minimum atomic E-state index is -0.107. The molecule has 1 atom stereocenters. The van der Waals surface area contributed by atoms with Gasteiger partial charge in [0.15, 0.2) is 0 Å². The molecule has 0 saturated heterocycles. The second-order valence-electron chi connectivity index (χ2n) is 5.38. The molecule has 1 saturated carbocycles. The number of nitrogens with two attached hydrogens (primary N) is 1. The van der Waals surface area contributed by atoms with E-state index in [1.165, 1.54) is 30.4 Å². The van der Waals surface area contributed by atoms with E-state index in [0.717, 1.165) is 14.6 Å². The van der Waals surface area contributed by atoms with E-state index in [0.29, 0.717) is 5.92 Å². The van der Waals surface area contributed by atoms with E-state index in [-0.39, 0.29) is 6.04 Å². The van der Waals surface area contributed by atoms with Crippen molar-refractivity contribution in [2.24, 2.45) is 5.84 Å². The lowest BCUT2D eigenvalue weighted by atomic mass is 9.77. The summed E-state index contributed by atoms with van der Waals surface area (Å²) in [5, 5.41) is 0. The molecular weight excluding hydrogens is 394 g/mol. The molecule has 0 radical (unpaired) electrons. The van der Waals surface area contributed by atoms with Gasteiger partial charge in [-0.1, -0.05) is 30.7 Å². The Bertz CT molecular complexity index is 641. The maximum Gasteiger partial charge on any atom is 0.0895 e. The zero-order chi connectivity index (χ0) is 14.8. The number of nitrogens with one attached hydrogen (secondary N) is 1. The second-order valence-corrected chi connectivity index (χ2v) is 7.15. The van der Waals surface area contributed by atoms with Crippen LogP contribution in [0.15, 0.2) is 45.5 Å². The molecule has 1 fully saturated rings. The Kier molecular flexibility index (Phi) is 4.74. The average molecular weight is 411 g/mol. The SMILES string of the molecule is NNC(c1ccccc1C1CCC1)c1ncc(Br)cc1Br. The smallest absolute Gasteiger partial charge is 0.0895 e. The Labute approximate surface area is 141 Å². The van der Waals surface area contributed by atoms with Crippen LogP contribution in [0.25, 0.3) is 0 Å². The zero-order valence-electron chi connectivity index (χ0n) is 11.5. The van der Waals surface area contributed by atoms with Gasteiger partial charge in [-0.15, -0.1) is 0 Å². The first-order valence-electron chi connectivity index (χ1n) is 7.06. The first-order chi connectivity index (χ1) is 10.2. The molecule has 1 aliphatic carbocycles. The fourth-order valence-electron chi connectivity index (χ4n) is 2.82. The topological polar surface area (TPSA) is 50.9 Å². The molecular formula is C16H17Br2N3. The molecule has 3 nitrogen and oxygen atoms in total. The lowest BCUT2D eigenvalue weighted by Gasteiger charge is -2.30. The molecule has 3 N–H and O–H groups in total. The van der Waals surface area contributed by atoms with Crippen molar-refractivity contribution >= 4 is 31.9 Å². The number of aromatic nitrogens is 1. The molecule has 3 rings (SSSR count). The van der Waals surface area contributed by atoms with E-state index >= 15 is 0 Å². The summed E-state index contributed by atoms with van der Waals surface area (Å²) in [6.07, 6.45) is 5.66. The fraction of sp³-hybridized carbons (Fsp3) is 0.312. The average Bonchev–Trinajstić information content (AvgIpc) is 2.41. The Hall–Kier alpha value is -0.750. The van der Waals surface area contributed by atoms with Crippen LogP contribution in [0.4, 0.5) is 0 Å². The molecule has 2 aromatic rings. The number of nitrogens with zero attached hydrogens (tertiary/aromatic N) is 1. The second kappa shape index (κ2) is 6.57. The molecule has 110 valence electrons. The Morgan fingerprint density at radius 3 is 2.62 bits per heavy atom. The molecule has 1 aliphatic rings. The summed E-state index contributed by atoms with van der Waals surface area (Å²) >= 11 is 7.03. The van der Waals surface area contributed by atoms with Gasteiger partial charge in [0.05, 0.1) is 11.7 Å². The highest BCUT2D eigenvalue weighted by atomic mass is 79.9. The highest BCUT2D eigenvalue weighted by molar-refractivity contribution is 9.11. The number of benzene rings is 1. The predicted molar refractivity (Wildman–Crippen MR) is 91.8 cm³/mol. The standard InChI is InChI=1S/C16H17Br2N3/c17-11-8-14(18)16(20-9-11)15(21-19)13-7-2-1-6-12(13)10-4-3-5-10/h1-2,6-10,15,21H,3-5,19H2.